The Morgan fingerprint density at radius 3 is 2.72 bits per heavy atom. The molecule has 0 radical (unpaired) electrons. The van der Waals surface area contributed by atoms with Crippen molar-refractivity contribution in [1.82, 2.24) is 19.2 Å². The van der Waals surface area contributed by atoms with Gasteiger partial charge in [-0.15, -0.1) is 10.2 Å². The van der Waals surface area contributed by atoms with Crippen molar-refractivity contribution in [2.24, 2.45) is 0 Å². The number of rotatable bonds is 5. The number of halogens is 2. The minimum absolute atomic E-state index is 0.202. The van der Waals surface area contributed by atoms with Crippen molar-refractivity contribution in [3.63, 3.8) is 0 Å². The van der Waals surface area contributed by atoms with E-state index in [1.54, 1.807) is 25.3 Å². The lowest BCUT2D eigenvalue weighted by Gasteiger charge is -2.12. The van der Waals surface area contributed by atoms with Crippen LogP contribution >= 0.6 is 23.4 Å². The van der Waals surface area contributed by atoms with E-state index in [1.807, 2.05) is 40.8 Å². The third kappa shape index (κ3) is 3.51. The largest absolute Gasteiger partial charge is 0.497 e. The van der Waals surface area contributed by atoms with E-state index in [0.29, 0.717) is 44.0 Å². The summed E-state index contributed by atoms with van der Waals surface area (Å²) < 4.78 is 22.1. The molecule has 0 saturated heterocycles. The summed E-state index contributed by atoms with van der Waals surface area (Å²) in [4.78, 5) is 13.4. The molecule has 0 aliphatic carbocycles. The first kappa shape index (κ1) is 20.5. The Morgan fingerprint density at radius 1 is 1.06 bits per heavy atom. The Bertz CT molecular complexity index is 1530. The van der Waals surface area contributed by atoms with Gasteiger partial charge in [-0.3, -0.25) is 9.20 Å². The molecule has 0 aliphatic heterocycles. The van der Waals surface area contributed by atoms with Gasteiger partial charge in [0.15, 0.2) is 5.16 Å². The first-order valence-corrected chi connectivity index (χ1v) is 11.0. The van der Waals surface area contributed by atoms with Crippen LogP contribution in [0.4, 0.5) is 4.39 Å². The second kappa shape index (κ2) is 8.29. The highest BCUT2D eigenvalue weighted by molar-refractivity contribution is 7.98. The summed E-state index contributed by atoms with van der Waals surface area (Å²) in [5.74, 6) is 1.09. The molecule has 0 aliphatic rings. The van der Waals surface area contributed by atoms with Crippen molar-refractivity contribution in [3.05, 3.63) is 93.5 Å². The fourth-order valence-corrected chi connectivity index (χ4v) is 4.79. The number of hydrogen-bond acceptors (Lipinski definition) is 5. The van der Waals surface area contributed by atoms with Crippen molar-refractivity contribution >= 4 is 40.0 Å². The zero-order valence-corrected chi connectivity index (χ0v) is 18.4. The van der Waals surface area contributed by atoms with Gasteiger partial charge in [0, 0.05) is 16.8 Å². The number of thioether (sulfide) groups is 1. The highest BCUT2D eigenvalue weighted by atomic mass is 35.5. The molecule has 0 N–H and O–H groups in total. The van der Waals surface area contributed by atoms with Gasteiger partial charge in [0.05, 0.1) is 23.7 Å². The molecule has 6 nitrogen and oxygen atoms in total. The molecule has 2 heterocycles. The highest BCUT2D eigenvalue weighted by Gasteiger charge is 2.18. The molecule has 160 valence electrons. The molecule has 0 spiro atoms. The summed E-state index contributed by atoms with van der Waals surface area (Å²) in [7, 11) is 1.57. The van der Waals surface area contributed by atoms with E-state index in [4.69, 9.17) is 16.3 Å². The third-order valence-electron chi connectivity index (χ3n) is 5.08. The SMILES string of the molecule is COc1cccc(-n2c(=O)c3ccccc3n3c(SCc4ccc(F)cc4Cl)nnc23)c1. The molecule has 5 rings (SSSR count). The maximum absolute atomic E-state index is 13.4. The summed E-state index contributed by atoms with van der Waals surface area (Å²) in [6.45, 7) is 0. The van der Waals surface area contributed by atoms with Gasteiger partial charge in [-0.25, -0.2) is 8.96 Å². The van der Waals surface area contributed by atoms with Crippen LogP contribution < -0.4 is 10.3 Å². The second-order valence-corrected chi connectivity index (χ2v) is 8.35. The Balaban J connectivity index is 1.70. The van der Waals surface area contributed by atoms with Gasteiger partial charge in [0.1, 0.15) is 11.6 Å². The summed E-state index contributed by atoms with van der Waals surface area (Å²) in [5.41, 5.74) is 1.90. The molecule has 9 heteroatoms. The van der Waals surface area contributed by atoms with Crippen LogP contribution in [0.2, 0.25) is 5.02 Å². The number of hydrogen-bond donors (Lipinski definition) is 0. The van der Waals surface area contributed by atoms with E-state index >= 15 is 0 Å². The van der Waals surface area contributed by atoms with Crippen LogP contribution in [0.5, 0.6) is 5.75 Å². The normalized spacial score (nSPS) is 11.3. The molecule has 3 aromatic carbocycles. The van der Waals surface area contributed by atoms with Gasteiger partial charge in [-0.2, -0.15) is 0 Å². The molecule has 2 aromatic heterocycles. The van der Waals surface area contributed by atoms with Crippen molar-refractivity contribution < 1.29 is 9.13 Å². The topological polar surface area (TPSA) is 61.4 Å². The van der Waals surface area contributed by atoms with Crippen molar-refractivity contribution in [1.29, 1.82) is 0 Å². The summed E-state index contributed by atoms with van der Waals surface area (Å²) in [6, 6.07) is 18.8. The van der Waals surface area contributed by atoms with Crippen LogP contribution in [0, 0.1) is 5.82 Å². The van der Waals surface area contributed by atoms with Crippen molar-refractivity contribution in [2.75, 3.05) is 7.11 Å². The molecular formula is C23H16ClFN4O2S. The fourth-order valence-electron chi connectivity index (χ4n) is 3.54. The van der Waals surface area contributed by atoms with Gasteiger partial charge in [0.25, 0.3) is 5.56 Å². The Hall–Kier alpha value is -3.36. The summed E-state index contributed by atoms with van der Waals surface area (Å²) in [5, 5.41) is 10.2. The molecule has 0 bridgehead atoms. The number of methoxy groups -OCH3 is 1. The van der Waals surface area contributed by atoms with Crippen LogP contribution in [0.15, 0.2) is 76.7 Å². The minimum Gasteiger partial charge on any atom is -0.497 e. The third-order valence-corrected chi connectivity index (χ3v) is 6.41. The predicted molar refractivity (Wildman–Crippen MR) is 124 cm³/mol. The Morgan fingerprint density at radius 2 is 1.91 bits per heavy atom. The maximum Gasteiger partial charge on any atom is 0.267 e. The summed E-state index contributed by atoms with van der Waals surface area (Å²) in [6.07, 6.45) is 0. The molecule has 0 amide bonds. The van der Waals surface area contributed by atoms with Gasteiger partial charge in [-0.1, -0.05) is 47.6 Å². The smallest absolute Gasteiger partial charge is 0.267 e. The van der Waals surface area contributed by atoms with Gasteiger partial charge in [0.2, 0.25) is 5.78 Å². The van der Waals surface area contributed by atoms with Crippen LogP contribution in [0.25, 0.3) is 22.4 Å². The van der Waals surface area contributed by atoms with Crippen LogP contribution in [0.3, 0.4) is 0 Å². The van der Waals surface area contributed by atoms with Gasteiger partial charge >= 0.3 is 0 Å². The Kier molecular flexibility index (Phi) is 5.32. The number of fused-ring (bicyclic) bond motifs is 3. The van der Waals surface area contributed by atoms with Crippen LogP contribution in [0.1, 0.15) is 5.56 Å². The van der Waals surface area contributed by atoms with E-state index in [2.05, 4.69) is 10.2 Å². The minimum atomic E-state index is -0.384. The fraction of sp³-hybridized carbons (Fsp3) is 0.0870. The van der Waals surface area contributed by atoms with Crippen molar-refractivity contribution in [3.8, 4) is 11.4 Å². The number of nitrogens with zero attached hydrogens (tertiary/aromatic N) is 4. The predicted octanol–water partition coefficient (Wildman–Crippen LogP) is 5.13. The maximum atomic E-state index is 13.4. The van der Waals surface area contributed by atoms with Gasteiger partial charge < -0.3 is 4.74 Å². The zero-order chi connectivity index (χ0) is 22.2. The van der Waals surface area contributed by atoms with Crippen molar-refractivity contribution in [2.45, 2.75) is 10.9 Å². The van der Waals surface area contributed by atoms with E-state index in [0.717, 1.165) is 5.56 Å². The second-order valence-electron chi connectivity index (χ2n) is 7.00. The molecule has 32 heavy (non-hydrogen) atoms. The average Bonchev–Trinajstić information content (AvgIpc) is 3.22. The quantitative estimate of drug-likeness (QED) is 0.336. The highest BCUT2D eigenvalue weighted by Crippen LogP contribution is 2.29. The first-order valence-electron chi connectivity index (χ1n) is 9.67. The van der Waals surface area contributed by atoms with Crippen LogP contribution in [-0.4, -0.2) is 26.3 Å². The van der Waals surface area contributed by atoms with E-state index in [1.165, 1.54) is 28.5 Å². The van der Waals surface area contributed by atoms with Gasteiger partial charge in [-0.05, 0) is 42.0 Å². The lowest BCUT2D eigenvalue weighted by atomic mass is 10.2. The van der Waals surface area contributed by atoms with E-state index in [-0.39, 0.29) is 11.4 Å². The molecule has 0 fully saturated rings. The lowest BCUT2D eigenvalue weighted by Crippen LogP contribution is -2.21. The molecule has 0 atom stereocenters. The lowest BCUT2D eigenvalue weighted by molar-refractivity contribution is 0.414. The monoisotopic (exact) mass is 466 g/mol. The standard InChI is InChI=1S/C23H16ClFN4O2S/c1-31-17-6-4-5-16(12-17)28-21(30)18-7-2-3-8-20(18)29-22(28)26-27-23(29)32-13-14-9-10-15(25)11-19(14)24/h2-12H,13H2,1H3. The number of benzene rings is 3. The molecule has 5 aromatic rings. The molecular weight excluding hydrogens is 451 g/mol. The number of aromatic nitrogens is 4. The average molecular weight is 467 g/mol. The number of ether oxygens (including phenoxy) is 1. The van der Waals surface area contributed by atoms with Crippen LogP contribution in [-0.2, 0) is 5.75 Å². The molecule has 0 unspecified atom stereocenters. The number of para-hydroxylation sites is 1. The molecule has 0 saturated carbocycles. The van der Waals surface area contributed by atoms with E-state index < -0.39 is 0 Å². The summed E-state index contributed by atoms with van der Waals surface area (Å²) >= 11 is 7.59. The first-order chi connectivity index (χ1) is 15.6. The Labute approximate surface area is 191 Å². The zero-order valence-electron chi connectivity index (χ0n) is 16.8. The van der Waals surface area contributed by atoms with E-state index in [9.17, 15) is 9.18 Å².